The molecule has 2 aromatic carbocycles. The van der Waals surface area contributed by atoms with Crippen molar-refractivity contribution >= 4 is 26.0 Å². The number of nitrogens with zero attached hydrogens (tertiary/aromatic N) is 1. The molecule has 0 unspecified atom stereocenters. The first-order valence-electron chi connectivity index (χ1n) is 7.28. The van der Waals surface area contributed by atoms with Crippen LogP contribution in [-0.2, 0) is 10.0 Å². The predicted octanol–water partition coefficient (Wildman–Crippen LogP) is 3.34. The summed E-state index contributed by atoms with van der Waals surface area (Å²) in [5.74, 6) is 0. The smallest absolute Gasteiger partial charge is 0.242 e. The first kappa shape index (κ1) is 18.1. The second-order valence-corrected chi connectivity index (χ2v) is 8.32. The van der Waals surface area contributed by atoms with E-state index >= 15 is 0 Å². The Labute approximate surface area is 146 Å². The van der Waals surface area contributed by atoms with Gasteiger partial charge in [0.2, 0.25) is 10.0 Å². The monoisotopic (exact) mass is 396 g/mol. The lowest BCUT2D eigenvalue weighted by Gasteiger charge is -2.23. The first-order chi connectivity index (χ1) is 10.8. The van der Waals surface area contributed by atoms with Crippen LogP contribution in [0, 0.1) is 6.92 Å². The third-order valence-electron chi connectivity index (χ3n) is 3.42. The van der Waals surface area contributed by atoms with Crippen molar-refractivity contribution in [1.29, 1.82) is 0 Å². The highest BCUT2D eigenvalue weighted by Crippen LogP contribution is 2.25. The molecular formula is C17H21BrN2O2S. The van der Waals surface area contributed by atoms with Crippen LogP contribution in [0.15, 0.2) is 57.9 Å². The van der Waals surface area contributed by atoms with Crippen LogP contribution in [0.3, 0.4) is 0 Å². The van der Waals surface area contributed by atoms with Gasteiger partial charge in [-0.05, 0) is 60.2 Å². The second-order valence-electron chi connectivity index (χ2n) is 5.78. The van der Waals surface area contributed by atoms with Crippen LogP contribution in [0.25, 0.3) is 0 Å². The van der Waals surface area contributed by atoms with Gasteiger partial charge in [0.05, 0.1) is 10.9 Å². The Bertz CT molecular complexity index is 761. The van der Waals surface area contributed by atoms with Crippen molar-refractivity contribution in [3.63, 3.8) is 0 Å². The van der Waals surface area contributed by atoms with Gasteiger partial charge in [-0.25, -0.2) is 13.1 Å². The van der Waals surface area contributed by atoms with E-state index in [4.69, 9.17) is 0 Å². The Balaban J connectivity index is 2.34. The zero-order chi connectivity index (χ0) is 17.0. The van der Waals surface area contributed by atoms with Crippen LogP contribution in [0.1, 0.15) is 17.2 Å². The van der Waals surface area contributed by atoms with E-state index in [9.17, 15) is 8.42 Å². The summed E-state index contributed by atoms with van der Waals surface area (Å²) in [6.45, 7) is 2.50. The van der Waals surface area contributed by atoms with E-state index in [-0.39, 0.29) is 10.9 Å². The van der Waals surface area contributed by atoms with Gasteiger partial charge in [0.25, 0.3) is 0 Å². The van der Waals surface area contributed by atoms with Crippen molar-refractivity contribution in [3.05, 3.63) is 64.1 Å². The maximum atomic E-state index is 12.8. The van der Waals surface area contributed by atoms with Gasteiger partial charge in [0.15, 0.2) is 0 Å². The SMILES string of the molecule is Cc1ccc(S(=O)(=O)N[C@H](CN(C)C)c2ccccc2)c(Br)c1. The van der Waals surface area contributed by atoms with E-state index in [1.54, 1.807) is 18.2 Å². The summed E-state index contributed by atoms with van der Waals surface area (Å²) in [6, 6.07) is 14.5. The number of benzene rings is 2. The minimum Gasteiger partial charge on any atom is -0.307 e. The minimum atomic E-state index is -3.62. The van der Waals surface area contributed by atoms with E-state index in [1.807, 2.05) is 56.3 Å². The number of hydrogen-bond acceptors (Lipinski definition) is 3. The van der Waals surface area contributed by atoms with Crippen LogP contribution < -0.4 is 4.72 Å². The quantitative estimate of drug-likeness (QED) is 0.814. The van der Waals surface area contributed by atoms with Gasteiger partial charge >= 0.3 is 0 Å². The molecular weight excluding hydrogens is 376 g/mol. The van der Waals surface area contributed by atoms with Gasteiger partial charge in [0.1, 0.15) is 0 Å². The summed E-state index contributed by atoms with van der Waals surface area (Å²) in [5, 5.41) is 0. The number of likely N-dealkylation sites (N-methyl/N-ethyl adjacent to an activating group) is 1. The molecule has 0 saturated carbocycles. The third kappa shape index (κ3) is 4.88. The molecule has 2 aromatic rings. The van der Waals surface area contributed by atoms with Gasteiger partial charge < -0.3 is 4.90 Å². The predicted molar refractivity (Wildman–Crippen MR) is 96.9 cm³/mol. The molecule has 1 N–H and O–H groups in total. The van der Waals surface area contributed by atoms with Crippen molar-refractivity contribution < 1.29 is 8.42 Å². The molecule has 1 atom stereocenters. The zero-order valence-corrected chi connectivity index (χ0v) is 15.9. The van der Waals surface area contributed by atoms with Crippen molar-refractivity contribution in [1.82, 2.24) is 9.62 Å². The first-order valence-corrected chi connectivity index (χ1v) is 9.55. The molecule has 0 aliphatic rings. The Hall–Kier alpha value is -1.21. The second kappa shape index (κ2) is 7.57. The zero-order valence-electron chi connectivity index (χ0n) is 13.5. The minimum absolute atomic E-state index is 0.253. The highest BCUT2D eigenvalue weighted by atomic mass is 79.9. The fourth-order valence-electron chi connectivity index (χ4n) is 2.34. The Morgan fingerprint density at radius 3 is 2.35 bits per heavy atom. The maximum absolute atomic E-state index is 12.8. The Morgan fingerprint density at radius 2 is 1.78 bits per heavy atom. The average molecular weight is 397 g/mol. The molecule has 124 valence electrons. The summed E-state index contributed by atoms with van der Waals surface area (Å²) >= 11 is 3.35. The molecule has 23 heavy (non-hydrogen) atoms. The average Bonchev–Trinajstić information content (AvgIpc) is 2.46. The Kier molecular flexibility index (Phi) is 5.97. The molecule has 0 saturated heterocycles. The lowest BCUT2D eigenvalue weighted by atomic mass is 10.1. The molecule has 2 rings (SSSR count). The molecule has 0 heterocycles. The molecule has 0 aliphatic heterocycles. The van der Waals surface area contributed by atoms with Crippen LogP contribution in [0.5, 0.6) is 0 Å². The summed E-state index contributed by atoms with van der Waals surface area (Å²) in [5.41, 5.74) is 1.94. The van der Waals surface area contributed by atoms with Gasteiger partial charge in [-0.15, -0.1) is 0 Å². The largest absolute Gasteiger partial charge is 0.307 e. The fourth-order valence-corrected chi connectivity index (χ4v) is 4.74. The standard InChI is InChI=1S/C17H21BrN2O2S/c1-13-9-10-17(15(18)11-13)23(21,22)19-16(12-20(2)3)14-7-5-4-6-8-14/h4-11,16,19H,12H2,1-3H3/t16-/m1/s1. The maximum Gasteiger partial charge on any atom is 0.242 e. The molecule has 0 bridgehead atoms. The molecule has 0 amide bonds. The number of sulfonamides is 1. The van der Waals surface area contributed by atoms with Crippen molar-refractivity contribution in [2.24, 2.45) is 0 Å². The van der Waals surface area contributed by atoms with Crippen LogP contribution in [-0.4, -0.2) is 34.0 Å². The van der Waals surface area contributed by atoms with Crippen LogP contribution >= 0.6 is 15.9 Å². The van der Waals surface area contributed by atoms with Gasteiger partial charge in [-0.2, -0.15) is 0 Å². The highest BCUT2D eigenvalue weighted by Gasteiger charge is 2.23. The molecule has 0 radical (unpaired) electrons. The summed E-state index contributed by atoms with van der Waals surface area (Å²) < 4.78 is 28.9. The van der Waals surface area contributed by atoms with E-state index in [2.05, 4.69) is 20.7 Å². The molecule has 6 heteroatoms. The molecule has 0 aromatic heterocycles. The lowest BCUT2D eigenvalue weighted by molar-refractivity contribution is 0.363. The number of aryl methyl sites for hydroxylation is 1. The number of nitrogens with one attached hydrogen (secondary N) is 1. The number of hydrogen-bond donors (Lipinski definition) is 1. The van der Waals surface area contributed by atoms with E-state index < -0.39 is 10.0 Å². The molecule has 0 aliphatic carbocycles. The summed E-state index contributed by atoms with van der Waals surface area (Å²) in [7, 11) is 0.221. The number of halogens is 1. The fraction of sp³-hybridized carbons (Fsp3) is 0.294. The lowest BCUT2D eigenvalue weighted by Crippen LogP contribution is -2.35. The Morgan fingerprint density at radius 1 is 1.13 bits per heavy atom. The third-order valence-corrected chi connectivity index (χ3v) is 5.87. The van der Waals surface area contributed by atoms with Gasteiger partial charge in [-0.1, -0.05) is 36.4 Å². The van der Waals surface area contributed by atoms with Crippen LogP contribution in [0.2, 0.25) is 0 Å². The van der Waals surface area contributed by atoms with Crippen LogP contribution in [0.4, 0.5) is 0 Å². The topological polar surface area (TPSA) is 49.4 Å². The normalized spacial score (nSPS) is 13.3. The van der Waals surface area contributed by atoms with E-state index in [1.165, 1.54) is 0 Å². The molecule has 0 spiro atoms. The van der Waals surface area contributed by atoms with Crippen molar-refractivity contribution in [2.75, 3.05) is 20.6 Å². The molecule has 0 fully saturated rings. The highest BCUT2D eigenvalue weighted by molar-refractivity contribution is 9.10. The van der Waals surface area contributed by atoms with Gasteiger partial charge in [-0.3, -0.25) is 0 Å². The van der Waals surface area contributed by atoms with E-state index in [0.29, 0.717) is 11.0 Å². The summed E-state index contributed by atoms with van der Waals surface area (Å²) in [6.07, 6.45) is 0. The van der Waals surface area contributed by atoms with Crippen molar-refractivity contribution in [3.8, 4) is 0 Å². The number of rotatable bonds is 6. The molecule has 4 nitrogen and oxygen atoms in total. The van der Waals surface area contributed by atoms with Crippen molar-refractivity contribution in [2.45, 2.75) is 17.9 Å². The van der Waals surface area contributed by atoms with E-state index in [0.717, 1.165) is 11.1 Å². The summed E-state index contributed by atoms with van der Waals surface area (Å²) in [4.78, 5) is 2.22. The van der Waals surface area contributed by atoms with Gasteiger partial charge in [0, 0.05) is 11.0 Å².